The van der Waals surface area contributed by atoms with Crippen LogP contribution in [0.15, 0.2) is 42.6 Å². The van der Waals surface area contributed by atoms with E-state index < -0.39 is 12.1 Å². The van der Waals surface area contributed by atoms with Crippen LogP contribution in [0.1, 0.15) is 17.4 Å². The van der Waals surface area contributed by atoms with E-state index in [-0.39, 0.29) is 5.69 Å². The van der Waals surface area contributed by atoms with Crippen LogP contribution in [0.4, 0.5) is 10.5 Å². The molecule has 0 aliphatic carbocycles. The number of anilines is 1. The molecule has 6 heteroatoms. The van der Waals surface area contributed by atoms with Gasteiger partial charge in [-0.25, -0.2) is 14.6 Å². The second kappa shape index (κ2) is 6.71. The van der Waals surface area contributed by atoms with Gasteiger partial charge in [0.05, 0.1) is 6.61 Å². The minimum Gasteiger partial charge on any atom is -0.477 e. The van der Waals surface area contributed by atoms with Gasteiger partial charge in [0.25, 0.3) is 0 Å². The van der Waals surface area contributed by atoms with E-state index in [1.165, 1.54) is 17.2 Å². The molecule has 1 aromatic carbocycles. The Bertz CT molecular complexity index is 666. The van der Waals surface area contributed by atoms with Gasteiger partial charge in [-0.2, -0.15) is 0 Å². The summed E-state index contributed by atoms with van der Waals surface area (Å²) in [5, 5.41) is 8.83. The number of benzene rings is 1. The van der Waals surface area contributed by atoms with Crippen molar-refractivity contribution in [1.82, 2.24) is 4.98 Å². The number of pyridine rings is 1. The number of aromatic nitrogens is 1. The lowest BCUT2D eigenvalue weighted by Gasteiger charge is -2.16. The molecule has 2 rings (SSSR count). The molecule has 0 saturated carbocycles. The number of hydrogen-bond acceptors (Lipinski definition) is 4. The van der Waals surface area contributed by atoms with Crippen LogP contribution in [-0.4, -0.2) is 35.8 Å². The molecule has 22 heavy (non-hydrogen) atoms. The van der Waals surface area contributed by atoms with Crippen LogP contribution in [-0.2, 0) is 4.74 Å². The van der Waals surface area contributed by atoms with Crippen molar-refractivity contribution in [2.24, 2.45) is 0 Å². The Morgan fingerprint density at radius 2 is 1.77 bits per heavy atom. The Balaban J connectivity index is 2.18. The topological polar surface area (TPSA) is 79.7 Å². The highest BCUT2D eigenvalue weighted by Crippen LogP contribution is 2.22. The minimum absolute atomic E-state index is 0.00224. The molecule has 0 radical (unpaired) electrons. The number of carbonyl (C=O) groups excluding carboxylic acids is 1. The van der Waals surface area contributed by atoms with Crippen molar-refractivity contribution in [3.8, 4) is 11.1 Å². The highest BCUT2D eigenvalue weighted by atomic mass is 16.6. The van der Waals surface area contributed by atoms with E-state index in [0.717, 1.165) is 11.1 Å². The van der Waals surface area contributed by atoms with E-state index in [1.54, 1.807) is 32.2 Å². The van der Waals surface area contributed by atoms with Gasteiger partial charge in [-0.05, 0) is 30.7 Å². The van der Waals surface area contributed by atoms with Gasteiger partial charge < -0.3 is 9.84 Å². The highest BCUT2D eigenvalue weighted by molar-refractivity contribution is 5.87. The summed E-state index contributed by atoms with van der Waals surface area (Å²) in [6.07, 6.45) is 1.09. The zero-order chi connectivity index (χ0) is 16.1. The molecule has 114 valence electrons. The summed E-state index contributed by atoms with van der Waals surface area (Å²) < 4.78 is 4.93. The zero-order valence-corrected chi connectivity index (χ0v) is 12.3. The van der Waals surface area contributed by atoms with Crippen LogP contribution in [0.2, 0.25) is 0 Å². The lowest BCUT2D eigenvalue weighted by Crippen LogP contribution is -2.26. The summed E-state index contributed by atoms with van der Waals surface area (Å²) in [6.45, 7) is 2.07. The van der Waals surface area contributed by atoms with Gasteiger partial charge in [-0.3, -0.25) is 4.90 Å². The normalized spacial score (nSPS) is 10.1. The van der Waals surface area contributed by atoms with Gasteiger partial charge in [-0.1, -0.05) is 18.2 Å². The van der Waals surface area contributed by atoms with Gasteiger partial charge in [-0.15, -0.1) is 0 Å². The molecule has 1 amide bonds. The second-order valence-electron chi connectivity index (χ2n) is 4.54. The third kappa shape index (κ3) is 3.41. The number of ether oxygens (including phenoxy) is 1. The van der Waals surface area contributed by atoms with E-state index in [4.69, 9.17) is 9.84 Å². The predicted molar refractivity (Wildman–Crippen MR) is 82.1 cm³/mol. The average Bonchev–Trinajstić information content (AvgIpc) is 2.54. The molecule has 0 fully saturated rings. The molecule has 0 aliphatic heterocycles. The van der Waals surface area contributed by atoms with Gasteiger partial charge in [0.2, 0.25) is 0 Å². The first-order chi connectivity index (χ1) is 10.5. The second-order valence-corrected chi connectivity index (χ2v) is 4.54. The van der Waals surface area contributed by atoms with Gasteiger partial charge in [0, 0.05) is 24.5 Å². The van der Waals surface area contributed by atoms with Gasteiger partial charge in [0.15, 0.2) is 0 Å². The van der Waals surface area contributed by atoms with E-state index in [1.807, 2.05) is 12.1 Å². The SMILES string of the molecule is CCOC(=O)N(C)c1ccc(-c2ccc(C(=O)O)nc2)cc1. The molecular formula is C16H16N2O4. The summed E-state index contributed by atoms with van der Waals surface area (Å²) in [7, 11) is 1.64. The summed E-state index contributed by atoms with van der Waals surface area (Å²) >= 11 is 0. The quantitative estimate of drug-likeness (QED) is 0.938. The van der Waals surface area contributed by atoms with Crippen LogP contribution in [0, 0.1) is 0 Å². The average molecular weight is 300 g/mol. The molecular weight excluding hydrogens is 284 g/mol. The molecule has 1 N–H and O–H groups in total. The summed E-state index contributed by atoms with van der Waals surface area (Å²) in [5.74, 6) is -1.06. The maximum atomic E-state index is 11.6. The van der Waals surface area contributed by atoms with E-state index >= 15 is 0 Å². The standard InChI is InChI=1S/C16H16N2O4/c1-3-22-16(21)18(2)13-7-4-11(5-8-13)12-6-9-14(15(19)20)17-10-12/h4-10H,3H2,1-2H3,(H,19,20). The third-order valence-corrected chi connectivity index (χ3v) is 3.11. The van der Waals surface area contributed by atoms with Crippen molar-refractivity contribution in [1.29, 1.82) is 0 Å². The number of amides is 1. The Kier molecular flexibility index (Phi) is 4.73. The molecule has 0 atom stereocenters. The predicted octanol–water partition coefficient (Wildman–Crippen LogP) is 3.04. The van der Waals surface area contributed by atoms with Crippen molar-refractivity contribution in [2.45, 2.75) is 6.92 Å². The third-order valence-electron chi connectivity index (χ3n) is 3.11. The zero-order valence-electron chi connectivity index (χ0n) is 12.3. The van der Waals surface area contributed by atoms with E-state index in [0.29, 0.717) is 12.3 Å². The number of hydrogen-bond donors (Lipinski definition) is 1. The Morgan fingerprint density at radius 3 is 2.27 bits per heavy atom. The first kappa shape index (κ1) is 15.5. The van der Waals surface area contributed by atoms with E-state index in [9.17, 15) is 9.59 Å². The van der Waals surface area contributed by atoms with Crippen LogP contribution >= 0.6 is 0 Å². The van der Waals surface area contributed by atoms with Crippen LogP contribution in [0.3, 0.4) is 0 Å². The van der Waals surface area contributed by atoms with Crippen molar-refractivity contribution < 1.29 is 19.4 Å². The number of carbonyl (C=O) groups is 2. The first-order valence-electron chi connectivity index (χ1n) is 6.73. The maximum absolute atomic E-state index is 11.6. The van der Waals surface area contributed by atoms with Crippen molar-refractivity contribution >= 4 is 17.7 Å². The van der Waals surface area contributed by atoms with E-state index in [2.05, 4.69) is 4.98 Å². The van der Waals surface area contributed by atoms with Crippen molar-refractivity contribution in [3.63, 3.8) is 0 Å². The molecule has 0 saturated heterocycles. The van der Waals surface area contributed by atoms with Crippen LogP contribution in [0.25, 0.3) is 11.1 Å². The first-order valence-corrected chi connectivity index (χ1v) is 6.73. The number of carboxylic acids is 1. The molecule has 1 aromatic heterocycles. The summed E-state index contributed by atoms with van der Waals surface area (Å²) in [4.78, 5) is 27.7. The maximum Gasteiger partial charge on any atom is 0.413 e. The number of carboxylic acid groups (broad SMARTS) is 1. The fraction of sp³-hybridized carbons (Fsp3) is 0.188. The number of nitrogens with zero attached hydrogens (tertiary/aromatic N) is 2. The lowest BCUT2D eigenvalue weighted by atomic mass is 10.1. The lowest BCUT2D eigenvalue weighted by molar-refractivity contribution is 0.0690. The fourth-order valence-electron chi connectivity index (χ4n) is 1.89. The Morgan fingerprint density at radius 1 is 1.14 bits per heavy atom. The largest absolute Gasteiger partial charge is 0.477 e. The highest BCUT2D eigenvalue weighted by Gasteiger charge is 2.11. The van der Waals surface area contributed by atoms with Gasteiger partial charge in [0.1, 0.15) is 5.69 Å². The smallest absolute Gasteiger partial charge is 0.413 e. The molecule has 0 unspecified atom stereocenters. The number of aromatic carboxylic acids is 1. The monoisotopic (exact) mass is 300 g/mol. The van der Waals surface area contributed by atoms with Crippen molar-refractivity contribution in [3.05, 3.63) is 48.3 Å². The number of rotatable bonds is 4. The van der Waals surface area contributed by atoms with Crippen LogP contribution in [0.5, 0.6) is 0 Å². The molecule has 0 spiro atoms. The molecule has 1 heterocycles. The molecule has 2 aromatic rings. The Hall–Kier alpha value is -2.89. The molecule has 6 nitrogen and oxygen atoms in total. The van der Waals surface area contributed by atoms with Crippen LogP contribution < -0.4 is 4.90 Å². The Labute approximate surface area is 128 Å². The minimum atomic E-state index is -1.06. The molecule has 0 aliphatic rings. The van der Waals surface area contributed by atoms with Crippen molar-refractivity contribution in [2.75, 3.05) is 18.6 Å². The summed E-state index contributed by atoms with van der Waals surface area (Å²) in [5.41, 5.74) is 2.39. The molecule has 0 bridgehead atoms. The summed E-state index contributed by atoms with van der Waals surface area (Å²) in [6, 6.07) is 10.4. The van der Waals surface area contributed by atoms with Gasteiger partial charge >= 0.3 is 12.1 Å². The fourth-order valence-corrected chi connectivity index (χ4v) is 1.89.